The standard InChI is InChI=1S/C14H14N2S/c15-11-6-7-12(16-13(11)17)14(8-9-14)10-4-2-1-3-5-10/h1-7H,8-9,15H2,(H,16,17). The summed E-state index contributed by atoms with van der Waals surface area (Å²) >= 11 is 5.21. The molecule has 3 rings (SSSR count). The first-order valence-electron chi connectivity index (χ1n) is 5.77. The van der Waals surface area contributed by atoms with Crippen molar-refractivity contribution in [2.45, 2.75) is 18.3 Å². The number of benzene rings is 1. The van der Waals surface area contributed by atoms with E-state index in [0.717, 1.165) is 0 Å². The molecule has 1 fully saturated rings. The second kappa shape index (κ2) is 3.70. The summed E-state index contributed by atoms with van der Waals surface area (Å²) in [6.45, 7) is 0. The zero-order valence-electron chi connectivity index (χ0n) is 9.44. The van der Waals surface area contributed by atoms with Gasteiger partial charge in [-0.15, -0.1) is 0 Å². The topological polar surface area (TPSA) is 41.8 Å². The fraction of sp³-hybridized carbons (Fsp3) is 0.214. The van der Waals surface area contributed by atoms with Crippen molar-refractivity contribution in [1.82, 2.24) is 4.98 Å². The normalized spacial score (nSPS) is 16.7. The van der Waals surface area contributed by atoms with E-state index in [0.29, 0.717) is 10.3 Å². The van der Waals surface area contributed by atoms with E-state index in [2.05, 4.69) is 35.3 Å². The van der Waals surface area contributed by atoms with Gasteiger partial charge in [-0.25, -0.2) is 0 Å². The number of nitrogen functional groups attached to an aromatic ring is 1. The molecule has 0 amide bonds. The van der Waals surface area contributed by atoms with Crippen LogP contribution < -0.4 is 5.73 Å². The molecule has 3 heteroatoms. The van der Waals surface area contributed by atoms with Gasteiger partial charge in [0.1, 0.15) is 4.64 Å². The number of rotatable bonds is 2. The summed E-state index contributed by atoms with van der Waals surface area (Å²) in [5.41, 5.74) is 9.08. The van der Waals surface area contributed by atoms with Crippen LogP contribution in [0.25, 0.3) is 0 Å². The maximum absolute atomic E-state index is 5.76. The van der Waals surface area contributed by atoms with Gasteiger partial charge >= 0.3 is 0 Å². The second-order valence-electron chi connectivity index (χ2n) is 4.60. The predicted octanol–water partition coefficient (Wildman–Crippen LogP) is 3.41. The maximum atomic E-state index is 5.76. The minimum absolute atomic E-state index is 0.141. The third-order valence-electron chi connectivity index (χ3n) is 3.53. The Labute approximate surface area is 105 Å². The third-order valence-corrected chi connectivity index (χ3v) is 3.87. The number of aromatic nitrogens is 1. The largest absolute Gasteiger partial charge is 0.396 e. The van der Waals surface area contributed by atoms with Crippen molar-refractivity contribution < 1.29 is 0 Å². The summed E-state index contributed by atoms with van der Waals surface area (Å²) in [5.74, 6) is 0. The minimum Gasteiger partial charge on any atom is -0.396 e. The molecular weight excluding hydrogens is 228 g/mol. The van der Waals surface area contributed by atoms with E-state index in [4.69, 9.17) is 18.0 Å². The number of hydrogen-bond donors (Lipinski definition) is 2. The number of pyridine rings is 1. The van der Waals surface area contributed by atoms with Gasteiger partial charge < -0.3 is 10.7 Å². The summed E-state index contributed by atoms with van der Waals surface area (Å²) in [5, 5.41) is 0. The SMILES string of the molecule is Nc1ccc(C2(c3ccccc3)CC2)[nH]c1=S. The van der Waals surface area contributed by atoms with Crippen molar-refractivity contribution in [3.63, 3.8) is 0 Å². The fourth-order valence-electron chi connectivity index (χ4n) is 2.36. The lowest BCUT2D eigenvalue weighted by molar-refractivity contribution is 0.801. The van der Waals surface area contributed by atoms with E-state index in [1.54, 1.807) is 0 Å². The Balaban J connectivity index is 2.10. The quantitative estimate of drug-likeness (QED) is 0.792. The first-order valence-corrected chi connectivity index (χ1v) is 6.18. The highest BCUT2D eigenvalue weighted by atomic mass is 32.1. The molecule has 1 aromatic heterocycles. The summed E-state index contributed by atoms with van der Waals surface area (Å²) in [6, 6.07) is 14.5. The third kappa shape index (κ3) is 1.67. The first-order chi connectivity index (χ1) is 8.22. The van der Waals surface area contributed by atoms with Crippen LogP contribution in [0, 0.1) is 4.64 Å². The molecule has 0 atom stereocenters. The van der Waals surface area contributed by atoms with Crippen molar-refractivity contribution in [3.8, 4) is 0 Å². The molecule has 1 heterocycles. The molecule has 3 N–H and O–H groups in total. The lowest BCUT2D eigenvalue weighted by Gasteiger charge is -2.16. The molecule has 1 aromatic carbocycles. The van der Waals surface area contributed by atoms with Crippen molar-refractivity contribution in [2.75, 3.05) is 5.73 Å². The smallest absolute Gasteiger partial charge is 0.126 e. The highest BCUT2D eigenvalue weighted by molar-refractivity contribution is 7.71. The zero-order chi connectivity index (χ0) is 11.9. The Morgan fingerprint density at radius 2 is 1.76 bits per heavy atom. The molecule has 0 radical (unpaired) electrons. The number of H-pyrrole nitrogens is 1. The number of anilines is 1. The van der Waals surface area contributed by atoms with E-state index in [1.165, 1.54) is 24.1 Å². The maximum Gasteiger partial charge on any atom is 0.126 e. The van der Waals surface area contributed by atoms with E-state index in [-0.39, 0.29) is 5.41 Å². The summed E-state index contributed by atoms with van der Waals surface area (Å²) in [4.78, 5) is 3.27. The molecule has 86 valence electrons. The molecule has 0 bridgehead atoms. The molecule has 0 aliphatic heterocycles. The molecular formula is C14H14N2S. The van der Waals surface area contributed by atoms with Gasteiger partial charge in [0, 0.05) is 11.1 Å². The average Bonchev–Trinajstić information content (AvgIpc) is 3.15. The van der Waals surface area contributed by atoms with Crippen LogP contribution in [-0.4, -0.2) is 4.98 Å². The lowest BCUT2D eigenvalue weighted by Crippen LogP contribution is -2.11. The van der Waals surface area contributed by atoms with Crippen molar-refractivity contribution in [1.29, 1.82) is 0 Å². The van der Waals surface area contributed by atoms with Gasteiger partial charge in [-0.3, -0.25) is 0 Å². The van der Waals surface area contributed by atoms with Crippen molar-refractivity contribution in [2.24, 2.45) is 0 Å². The second-order valence-corrected chi connectivity index (χ2v) is 5.01. The van der Waals surface area contributed by atoms with E-state index in [1.807, 2.05) is 12.1 Å². The van der Waals surface area contributed by atoms with Gasteiger partial charge in [0.05, 0.1) is 5.69 Å². The molecule has 0 spiro atoms. The molecule has 2 aromatic rings. The average molecular weight is 242 g/mol. The molecule has 1 aliphatic carbocycles. The first kappa shape index (κ1) is 10.5. The van der Waals surface area contributed by atoms with Gasteiger partial charge in [0.25, 0.3) is 0 Å². The summed E-state index contributed by atoms with van der Waals surface area (Å²) < 4.78 is 0.643. The van der Waals surface area contributed by atoms with Gasteiger partial charge in [-0.05, 0) is 30.5 Å². The highest BCUT2D eigenvalue weighted by Crippen LogP contribution is 2.52. The molecule has 0 unspecified atom stereocenters. The van der Waals surface area contributed by atoms with Crippen molar-refractivity contribution >= 4 is 17.9 Å². The van der Waals surface area contributed by atoms with E-state index < -0.39 is 0 Å². The molecule has 17 heavy (non-hydrogen) atoms. The van der Waals surface area contributed by atoms with E-state index in [9.17, 15) is 0 Å². The van der Waals surface area contributed by atoms with Gasteiger partial charge in [-0.2, -0.15) is 0 Å². The lowest BCUT2D eigenvalue weighted by atomic mass is 9.92. The Morgan fingerprint density at radius 3 is 2.35 bits per heavy atom. The minimum atomic E-state index is 0.141. The number of nitrogens with one attached hydrogen (secondary N) is 1. The van der Waals surface area contributed by atoms with Gasteiger partial charge in [0.15, 0.2) is 0 Å². The fourth-order valence-corrected chi connectivity index (χ4v) is 2.54. The van der Waals surface area contributed by atoms with Crippen LogP contribution >= 0.6 is 12.2 Å². The van der Waals surface area contributed by atoms with Crippen LogP contribution in [0.4, 0.5) is 5.69 Å². The van der Waals surface area contributed by atoms with Crippen LogP contribution in [0.3, 0.4) is 0 Å². The number of nitrogens with two attached hydrogens (primary N) is 1. The Morgan fingerprint density at radius 1 is 1.06 bits per heavy atom. The highest BCUT2D eigenvalue weighted by Gasteiger charge is 2.46. The molecule has 1 saturated carbocycles. The monoisotopic (exact) mass is 242 g/mol. The summed E-state index contributed by atoms with van der Waals surface area (Å²) in [7, 11) is 0. The zero-order valence-corrected chi connectivity index (χ0v) is 10.3. The number of aromatic amines is 1. The Bertz CT molecular complexity index is 597. The van der Waals surface area contributed by atoms with Crippen LogP contribution in [0.15, 0.2) is 42.5 Å². The van der Waals surface area contributed by atoms with Crippen LogP contribution in [0.1, 0.15) is 24.1 Å². The van der Waals surface area contributed by atoms with Crippen LogP contribution in [0.2, 0.25) is 0 Å². The summed E-state index contributed by atoms with van der Waals surface area (Å²) in [6.07, 6.45) is 2.35. The van der Waals surface area contributed by atoms with Crippen LogP contribution in [0.5, 0.6) is 0 Å². The van der Waals surface area contributed by atoms with Gasteiger partial charge in [-0.1, -0.05) is 42.5 Å². The molecule has 2 nitrogen and oxygen atoms in total. The molecule has 1 aliphatic rings. The predicted molar refractivity (Wildman–Crippen MR) is 72.5 cm³/mol. The number of hydrogen-bond acceptors (Lipinski definition) is 2. The molecule has 0 saturated heterocycles. The Hall–Kier alpha value is -1.61. The van der Waals surface area contributed by atoms with E-state index >= 15 is 0 Å². The Kier molecular flexibility index (Phi) is 2.30. The van der Waals surface area contributed by atoms with Crippen molar-refractivity contribution in [3.05, 3.63) is 58.4 Å². The van der Waals surface area contributed by atoms with Gasteiger partial charge in [0.2, 0.25) is 0 Å². The van der Waals surface area contributed by atoms with Crippen LogP contribution in [-0.2, 0) is 5.41 Å².